The van der Waals surface area contributed by atoms with E-state index in [0.717, 1.165) is 0 Å². The first-order valence-electron chi connectivity index (χ1n) is 8.00. The molecule has 0 aromatic heterocycles. The number of hydrogen-bond donors (Lipinski definition) is 1. The van der Waals surface area contributed by atoms with E-state index < -0.39 is 7.82 Å². The second-order valence-electron chi connectivity index (χ2n) is 5.23. The minimum atomic E-state index is -4.06. The average Bonchev–Trinajstić information content (AvgIpc) is 2.68. The summed E-state index contributed by atoms with van der Waals surface area (Å²) in [5, 5.41) is 1.27. The molecule has 0 bridgehead atoms. The van der Waals surface area contributed by atoms with Gasteiger partial charge in [0.25, 0.3) is 0 Å². The van der Waals surface area contributed by atoms with E-state index in [9.17, 15) is 4.57 Å². The van der Waals surface area contributed by atoms with Crippen LogP contribution < -0.4 is 19.8 Å². The minimum absolute atomic E-state index is 0.0374. The summed E-state index contributed by atoms with van der Waals surface area (Å²) in [6.07, 6.45) is 0. The second kappa shape index (κ2) is 8.54. The Kier molecular flexibility index (Phi) is 5.92. The summed E-state index contributed by atoms with van der Waals surface area (Å²) in [5.74, 6) is 0.716. The number of hydrogen-bond acceptors (Lipinski definition) is 6. The molecule has 0 aliphatic carbocycles. The largest absolute Gasteiger partial charge is 0.610 e. The maximum absolute atomic E-state index is 13.3. The predicted molar refractivity (Wildman–Crippen MR) is 101 cm³/mol. The standard InChI is InChI=1S/C19H19N2O4P/c20-16-21(17-10-4-1-5-11-17)25-26(22,23-18-12-6-2-7-13-18)24-19-14-8-3-9-15-19/h1-15H,16,20H2. The van der Waals surface area contributed by atoms with Gasteiger partial charge in [-0.05, 0) is 36.4 Å². The van der Waals surface area contributed by atoms with E-state index in [1.165, 1.54) is 5.06 Å². The average molecular weight is 370 g/mol. The lowest BCUT2D eigenvalue weighted by Crippen LogP contribution is -2.30. The molecule has 3 rings (SSSR count). The zero-order valence-corrected chi connectivity index (χ0v) is 14.9. The summed E-state index contributed by atoms with van der Waals surface area (Å²) in [6, 6.07) is 26.4. The van der Waals surface area contributed by atoms with Crippen LogP contribution in [0.25, 0.3) is 0 Å². The van der Waals surface area contributed by atoms with Gasteiger partial charge in [0.2, 0.25) is 0 Å². The number of phosphoric acid groups is 1. The Morgan fingerprint density at radius 2 is 1.15 bits per heavy atom. The maximum Gasteiger partial charge on any atom is 0.610 e. The first-order valence-corrected chi connectivity index (χ1v) is 9.46. The lowest BCUT2D eigenvalue weighted by Gasteiger charge is -2.26. The Labute approximate surface area is 152 Å². The summed E-state index contributed by atoms with van der Waals surface area (Å²) in [7, 11) is -4.06. The zero-order valence-electron chi connectivity index (χ0n) is 14.0. The van der Waals surface area contributed by atoms with Gasteiger partial charge in [-0.25, -0.2) is 9.63 Å². The highest BCUT2D eigenvalue weighted by Crippen LogP contribution is 2.50. The van der Waals surface area contributed by atoms with Gasteiger partial charge in [0.15, 0.2) is 0 Å². The first-order chi connectivity index (χ1) is 12.7. The van der Waals surface area contributed by atoms with E-state index >= 15 is 0 Å². The molecule has 0 spiro atoms. The van der Waals surface area contributed by atoms with Crippen LogP contribution in [0.3, 0.4) is 0 Å². The van der Waals surface area contributed by atoms with E-state index in [0.29, 0.717) is 17.2 Å². The topological polar surface area (TPSA) is 74.0 Å². The first kappa shape index (κ1) is 18.0. The van der Waals surface area contributed by atoms with E-state index in [4.69, 9.17) is 19.4 Å². The maximum atomic E-state index is 13.3. The Morgan fingerprint density at radius 3 is 1.58 bits per heavy atom. The lowest BCUT2D eigenvalue weighted by molar-refractivity contribution is 0.190. The molecule has 3 aromatic rings. The third kappa shape index (κ3) is 4.86. The highest BCUT2D eigenvalue weighted by molar-refractivity contribution is 7.49. The number of para-hydroxylation sites is 3. The van der Waals surface area contributed by atoms with E-state index in [1.807, 2.05) is 30.3 Å². The van der Waals surface area contributed by atoms with Crippen LogP contribution in [0.1, 0.15) is 0 Å². The van der Waals surface area contributed by atoms with Crippen LogP contribution in [0.15, 0.2) is 91.0 Å². The fourth-order valence-corrected chi connectivity index (χ4v) is 3.44. The van der Waals surface area contributed by atoms with E-state index in [2.05, 4.69) is 0 Å². The Morgan fingerprint density at radius 1 is 0.731 bits per heavy atom. The second-order valence-corrected chi connectivity index (χ2v) is 6.66. The highest BCUT2D eigenvalue weighted by Gasteiger charge is 2.34. The van der Waals surface area contributed by atoms with Gasteiger partial charge in [-0.2, -0.15) is 0 Å². The van der Waals surface area contributed by atoms with Gasteiger partial charge in [0.05, 0.1) is 12.4 Å². The van der Waals surface area contributed by atoms with Gasteiger partial charge >= 0.3 is 7.82 Å². The van der Waals surface area contributed by atoms with Crippen molar-refractivity contribution in [3.63, 3.8) is 0 Å². The number of nitrogens with zero attached hydrogens (tertiary/aromatic N) is 1. The molecule has 3 aromatic carbocycles. The molecular formula is C19H19N2O4P. The molecule has 0 fully saturated rings. The van der Waals surface area contributed by atoms with Gasteiger partial charge in [-0.1, -0.05) is 54.6 Å². The van der Waals surface area contributed by atoms with E-state index in [1.54, 1.807) is 60.7 Å². The van der Waals surface area contributed by atoms with Crippen LogP contribution in [-0.2, 0) is 9.19 Å². The molecule has 0 atom stereocenters. The summed E-state index contributed by atoms with van der Waals surface area (Å²) < 4.78 is 30.1. The highest BCUT2D eigenvalue weighted by atomic mass is 31.2. The molecule has 0 aliphatic rings. The molecule has 26 heavy (non-hydrogen) atoms. The lowest BCUT2D eigenvalue weighted by atomic mass is 10.3. The number of anilines is 1. The van der Waals surface area contributed by atoms with Crippen LogP contribution in [0, 0.1) is 0 Å². The number of nitrogens with two attached hydrogens (primary N) is 1. The molecule has 134 valence electrons. The summed E-state index contributed by atoms with van der Waals surface area (Å²) >= 11 is 0. The third-order valence-electron chi connectivity index (χ3n) is 3.33. The van der Waals surface area contributed by atoms with Gasteiger partial charge in [0, 0.05) is 0 Å². The smallest absolute Gasteiger partial charge is 0.394 e. The van der Waals surface area contributed by atoms with Crippen LogP contribution in [0.2, 0.25) is 0 Å². The number of rotatable bonds is 8. The van der Waals surface area contributed by atoms with E-state index in [-0.39, 0.29) is 6.67 Å². The van der Waals surface area contributed by atoms with Gasteiger partial charge in [-0.3, -0.25) is 0 Å². The van der Waals surface area contributed by atoms with Crippen molar-refractivity contribution >= 4 is 13.5 Å². The molecule has 0 heterocycles. The molecule has 0 amide bonds. The van der Waals surface area contributed by atoms with Crippen molar-refractivity contribution in [1.29, 1.82) is 0 Å². The summed E-state index contributed by atoms with van der Waals surface area (Å²) in [6.45, 7) is -0.0374. The fraction of sp³-hybridized carbons (Fsp3) is 0.0526. The number of benzene rings is 3. The van der Waals surface area contributed by atoms with Crippen molar-refractivity contribution in [3.8, 4) is 11.5 Å². The molecule has 0 saturated heterocycles. The van der Waals surface area contributed by atoms with Crippen molar-refractivity contribution in [2.24, 2.45) is 5.73 Å². The van der Waals surface area contributed by atoms with Crippen molar-refractivity contribution in [1.82, 2.24) is 0 Å². The van der Waals surface area contributed by atoms with Gasteiger partial charge in [-0.15, -0.1) is 4.62 Å². The van der Waals surface area contributed by atoms with Gasteiger partial charge < -0.3 is 14.8 Å². The van der Waals surface area contributed by atoms with Crippen LogP contribution in [0.4, 0.5) is 5.69 Å². The molecule has 7 heteroatoms. The zero-order chi connectivity index (χ0) is 18.2. The minimum Gasteiger partial charge on any atom is -0.394 e. The molecule has 2 N–H and O–H groups in total. The Hall–Kier alpha value is -2.79. The van der Waals surface area contributed by atoms with Crippen molar-refractivity contribution < 1.29 is 18.2 Å². The molecular weight excluding hydrogens is 351 g/mol. The van der Waals surface area contributed by atoms with Crippen molar-refractivity contribution in [2.45, 2.75) is 0 Å². The van der Waals surface area contributed by atoms with Crippen molar-refractivity contribution in [2.75, 3.05) is 11.7 Å². The molecule has 0 saturated carbocycles. The van der Waals surface area contributed by atoms with Crippen molar-refractivity contribution in [3.05, 3.63) is 91.0 Å². The number of hydroxylamine groups is 1. The van der Waals surface area contributed by atoms with Crippen LogP contribution in [-0.4, -0.2) is 6.67 Å². The third-order valence-corrected chi connectivity index (χ3v) is 4.60. The Bertz CT molecular complexity index is 802. The summed E-state index contributed by atoms with van der Waals surface area (Å²) in [5.41, 5.74) is 6.40. The van der Waals surface area contributed by atoms with Gasteiger partial charge in [0.1, 0.15) is 11.5 Å². The quantitative estimate of drug-likeness (QED) is 0.355. The molecule has 0 radical (unpaired) electrons. The SMILES string of the molecule is NCN(OP(=O)(Oc1ccccc1)Oc1ccccc1)c1ccccc1. The number of phosphoric ester groups is 1. The Balaban J connectivity index is 1.87. The molecule has 0 unspecified atom stereocenters. The molecule has 6 nitrogen and oxygen atoms in total. The monoisotopic (exact) mass is 370 g/mol. The fourth-order valence-electron chi connectivity index (χ4n) is 2.17. The predicted octanol–water partition coefficient (Wildman–Crippen LogP) is 4.61. The summed E-state index contributed by atoms with van der Waals surface area (Å²) in [4.78, 5) is 0. The van der Waals surface area contributed by atoms with Crippen LogP contribution in [0.5, 0.6) is 11.5 Å². The normalized spacial score (nSPS) is 11.0. The molecule has 0 aliphatic heterocycles. The van der Waals surface area contributed by atoms with Crippen LogP contribution >= 0.6 is 7.82 Å².